The van der Waals surface area contributed by atoms with Gasteiger partial charge in [-0.15, -0.1) is 0 Å². The number of carbonyl (C=O) groups excluding carboxylic acids is 1. The number of carbonyl (C=O) groups is 1. The molecule has 0 bridgehead atoms. The summed E-state index contributed by atoms with van der Waals surface area (Å²) >= 11 is 0. The molecule has 122 valence electrons. The van der Waals surface area contributed by atoms with Gasteiger partial charge < -0.3 is 10.2 Å². The summed E-state index contributed by atoms with van der Waals surface area (Å²) in [6, 6.07) is 4.02. The van der Waals surface area contributed by atoms with E-state index in [9.17, 15) is 17.6 Å². The molecule has 1 saturated heterocycles. The van der Waals surface area contributed by atoms with Crippen LogP contribution in [-0.2, 0) is 14.6 Å². The zero-order chi connectivity index (χ0) is 16.3. The summed E-state index contributed by atoms with van der Waals surface area (Å²) in [6.07, 6.45) is 2.51. The van der Waals surface area contributed by atoms with E-state index in [0.29, 0.717) is 25.1 Å². The maximum atomic E-state index is 13.9. The SMILES string of the molecule is C[C@H](NCCN1CCCC1=O)c1ccc(S(C)(=O)=O)c(F)c1. The first-order chi connectivity index (χ1) is 10.3. The number of amides is 1. The molecule has 1 aliphatic rings. The van der Waals surface area contributed by atoms with Crippen molar-refractivity contribution in [2.75, 3.05) is 25.9 Å². The van der Waals surface area contributed by atoms with Crippen molar-refractivity contribution in [3.8, 4) is 0 Å². The Balaban J connectivity index is 1.94. The van der Waals surface area contributed by atoms with Crippen LogP contribution in [0.4, 0.5) is 4.39 Å². The van der Waals surface area contributed by atoms with E-state index in [4.69, 9.17) is 0 Å². The van der Waals surface area contributed by atoms with Crippen molar-refractivity contribution >= 4 is 15.7 Å². The first-order valence-electron chi connectivity index (χ1n) is 7.29. The average Bonchev–Trinajstić information content (AvgIpc) is 2.82. The molecule has 1 aromatic rings. The zero-order valence-electron chi connectivity index (χ0n) is 12.8. The zero-order valence-corrected chi connectivity index (χ0v) is 13.6. The van der Waals surface area contributed by atoms with Gasteiger partial charge >= 0.3 is 0 Å². The van der Waals surface area contributed by atoms with Crippen molar-refractivity contribution in [3.05, 3.63) is 29.6 Å². The number of halogens is 1. The van der Waals surface area contributed by atoms with Crippen molar-refractivity contribution in [2.45, 2.75) is 30.7 Å². The Labute approximate surface area is 130 Å². The standard InChI is InChI=1S/C15H21FN2O3S/c1-11(17-7-9-18-8-3-4-15(18)19)12-5-6-14(13(16)10-12)22(2,20)21/h5-6,10-11,17H,3-4,7-9H2,1-2H3/t11-/m0/s1. The lowest BCUT2D eigenvalue weighted by Crippen LogP contribution is -2.33. The Morgan fingerprint density at radius 1 is 1.41 bits per heavy atom. The molecular weight excluding hydrogens is 307 g/mol. The minimum atomic E-state index is -3.55. The molecule has 1 amide bonds. The quantitative estimate of drug-likeness (QED) is 0.859. The number of hydrogen-bond acceptors (Lipinski definition) is 4. The highest BCUT2D eigenvalue weighted by atomic mass is 32.2. The van der Waals surface area contributed by atoms with Crippen LogP contribution >= 0.6 is 0 Å². The summed E-state index contributed by atoms with van der Waals surface area (Å²) in [6.45, 7) is 3.92. The number of nitrogens with zero attached hydrogens (tertiary/aromatic N) is 1. The minimum absolute atomic E-state index is 0.124. The Hall–Kier alpha value is -1.47. The average molecular weight is 328 g/mol. The summed E-state index contributed by atoms with van der Waals surface area (Å²) in [5.74, 6) is -0.554. The molecule has 1 N–H and O–H groups in total. The van der Waals surface area contributed by atoms with Crippen molar-refractivity contribution in [3.63, 3.8) is 0 Å². The fraction of sp³-hybridized carbons (Fsp3) is 0.533. The number of sulfone groups is 1. The Morgan fingerprint density at radius 3 is 2.68 bits per heavy atom. The third kappa shape index (κ3) is 4.04. The molecule has 0 unspecified atom stereocenters. The van der Waals surface area contributed by atoms with Gasteiger partial charge in [0.15, 0.2) is 9.84 Å². The second-order valence-electron chi connectivity index (χ2n) is 5.62. The van der Waals surface area contributed by atoms with Gasteiger partial charge in [0.1, 0.15) is 10.7 Å². The lowest BCUT2D eigenvalue weighted by atomic mass is 10.1. The highest BCUT2D eigenvalue weighted by Gasteiger charge is 2.20. The van der Waals surface area contributed by atoms with Crippen molar-refractivity contribution in [1.82, 2.24) is 10.2 Å². The van der Waals surface area contributed by atoms with Gasteiger partial charge in [-0.05, 0) is 31.0 Å². The predicted molar refractivity (Wildman–Crippen MR) is 81.7 cm³/mol. The second kappa shape index (κ2) is 6.75. The van der Waals surface area contributed by atoms with Gasteiger partial charge in [0, 0.05) is 38.4 Å². The van der Waals surface area contributed by atoms with Gasteiger partial charge in [-0.25, -0.2) is 12.8 Å². The van der Waals surface area contributed by atoms with E-state index in [1.807, 2.05) is 11.8 Å². The highest BCUT2D eigenvalue weighted by molar-refractivity contribution is 7.90. The van der Waals surface area contributed by atoms with Crippen LogP contribution < -0.4 is 5.32 Å². The van der Waals surface area contributed by atoms with Crippen LogP contribution in [0.15, 0.2) is 23.1 Å². The van der Waals surface area contributed by atoms with E-state index in [1.165, 1.54) is 12.1 Å². The van der Waals surface area contributed by atoms with Crippen LogP contribution in [0.25, 0.3) is 0 Å². The van der Waals surface area contributed by atoms with Gasteiger partial charge in [0.2, 0.25) is 5.91 Å². The normalized spacial score (nSPS) is 17.0. The summed E-state index contributed by atoms with van der Waals surface area (Å²) < 4.78 is 36.6. The van der Waals surface area contributed by atoms with E-state index in [0.717, 1.165) is 19.2 Å². The van der Waals surface area contributed by atoms with Gasteiger partial charge in [0.05, 0.1) is 0 Å². The molecule has 22 heavy (non-hydrogen) atoms. The molecule has 0 aromatic heterocycles. The van der Waals surface area contributed by atoms with Gasteiger partial charge in [0.25, 0.3) is 0 Å². The number of likely N-dealkylation sites (tertiary alicyclic amines) is 1. The van der Waals surface area contributed by atoms with Crippen molar-refractivity contribution in [2.24, 2.45) is 0 Å². The van der Waals surface area contributed by atoms with Crippen molar-refractivity contribution < 1.29 is 17.6 Å². The molecule has 0 spiro atoms. The fourth-order valence-electron chi connectivity index (χ4n) is 2.56. The maximum Gasteiger partial charge on any atom is 0.222 e. The highest BCUT2D eigenvalue weighted by Crippen LogP contribution is 2.20. The molecular formula is C15H21FN2O3S. The lowest BCUT2D eigenvalue weighted by Gasteiger charge is -2.19. The predicted octanol–water partition coefficient (Wildman–Crippen LogP) is 1.50. The monoisotopic (exact) mass is 328 g/mol. The van der Waals surface area contributed by atoms with E-state index < -0.39 is 15.7 Å². The largest absolute Gasteiger partial charge is 0.341 e. The van der Waals surface area contributed by atoms with Crippen LogP contribution in [0.5, 0.6) is 0 Å². The molecule has 0 radical (unpaired) electrons. The Kier molecular flexibility index (Phi) is 5.18. The van der Waals surface area contributed by atoms with Crippen LogP contribution in [-0.4, -0.2) is 45.1 Å². The van der Waals surface area contributed by atoms with Gasteiger partial charge in [-0.3, -0.25) is 4.79 Å². The lowest BCUT2D eigenvalue weighted by molar-refractivity contribution is -0.127. The topological polar surface area (TPSA) is 66.5 Å². The maximum absolute atomic E-state index is 13.9. The Morgan fingerprint density at radius 2 is 2.14 bits per heavy atom. The number of hydrogen-bond donors (Lipinski definition) is 1. The van der Waals surface area contributed by atoms with Crippen LogP contribution in [0.2, 0.25) is 0 Å². The molecule has 1 heterocycles. The fourth-order valence-corrected chi connectivity index (χ4v) is 3.29. The van der Waals surface area contributed by atoms with E-state index in [1.54, 1.807) is 6.07 Å². The number of nitrogens with one attached hydrogen (secondary N) is 1. The van der Waals surface area contributed by atoms with Gasteiger partial charge in [-0.1, -0.05) is 6.07 Å². The summed E-state index contributed by atoms with van der Waals surface area (Å²) in [4.78, 5) is 13.0. The molecule has 1 fully saturated rings. The van der Waals surface area contributed by atoms with Crippen LogP contribution in [0.1, 0.15) is 31.4 Å². The number of rotatable bonds is 6. The van der Waals surface area contributed by atoms with Crippen LogP contribution in [0, 0.1) is 5.82 Å². The molecule has 2 rings (SSSR count). The molecule has 0 saturated carbocycles. The minimum Gasteiger partial charge on any atom is -0.341 e. The van der Waals surface area contributed by atoms with E-state index in [2.05, 4.69) is 5.32 Å². The third-order valence-electron chi connectivity index (χ3n) is 3.86. The smallest absolute Gasteiger partial charge is 0.222 e. The molecule has 1 atom stereocenters. The summed E-state index contributed by atoms with van der Waals surface area (Å²) in [7, 11) is -3.55. The Bertz CT molecular complexity index is 661. The number of benzene rings is 1. The molecule has 5 nitrogen and oxygen atoms in total. The van der Waals surface area contributed by atoms with E-state index >= 15 is 0 Å². The first kappa shape index (κ1) is 16.9. The summed E-state index contributed by atoms with van der Waals surface area (Å²) in [5, 5.41) is 3.22. The molecule has 0 aliphatic carbocycles. The second-order valence-corrected chi connectivity index (χ2v) is 7.61. The molecule has 1 aromatic carbocycles. The third-order valence-corrected chi connectivity index (χ3v) is 4.99. The van der Waals surface area contributed by atoms with Crippen molar-refractivity contribution in [1.29, 1.82) is 0 Å². The van der Waals surface area contributed by atoms with Crippen LogP contribution in [0.3, 0.4) is 0 Å². The molecule has 7 heteroatoms. The van der Waals surface area contributed by atoms with Gasteiger partial charge in [-0.2, -0.15) is 0 Å². The first-order valence-corrected chi connectivity index (χ1v) is 9.19. The molecule has 1 aliphatic heterocycles. The van der Waals surface area contributed by atoms with E-state index in [-0.39, 0.29) is 16.8 Å². The summed E-state index contributed by atoms with van der Waals surface area (Å²) in [5.41, 5.74) is 0.678.